The summed E-state index contributed by atoms with van der Waals surface area (Å²) in [5, 5.41) is 0. The molecule has 0 aromatic rings. The Kier molecular flexibility index (Phi) is 12.8. The molecule has 1 saturated carbocycles. The van der Waals surface area contributed by atoms with Crippen LogP contribution in [0, 0.1) is 11.5 Å². The van der Waals surface area contributed by atoms with E-state index in [9.17, 15) is 0 Å². The minimum Gasteiger partial charge on any atom is -0.382 e. The Balaban J connectivity index is 3.20. The van der Waals surface area contributed by atoms with Gasteiger partial charge in [0.25, 0.3) is 0 Å². The highest BCUT2D eigenvalue weighted by Crippen LogP contribution is 2.43. The maximum atomic E-state index is 6.96. The van der Waals surface area contributed by atoms with Gasteiger partial charge in [-0.05, 0) is 52.4 Å². The summed E-state index contributed by atoms with van der Waals surface area (Å²) in [6.45, 7) is 14.9. The number of methoxy groups -OCH3 is 1. The summed E-state index contributed by atoms with van der Waals surface area (Å²) in [4.78, 5) is 0. The van der Waals surface area contributed by atoms with E-state index in [0.717, 1.165) is 38.5 Å². The van der Waals surface area contributed by atoms with E-state index in [2.05, 4.69) is 45.4 Å². The quantitative estimate of drug-likeness (QED) is 0.125. The molecule has 1 aliphatic carbocycles. The fraction of sp³-hybridized carbons (Fsp3) is 0.760. The van der Waals surface area contributed by atoms with Crippen molar-refractivity contribution in [2.45, 2.75) is 109 Å². The number of hydrogen-bond acceptors (Lipinski definition) is 3. The van der Waals surface area contributed by atoms with Crippen LogP contribution in [0.5, 0.6) is 0 Å². The van der Waals surface area contributed by atoms with Crippen LogP contribution in [0.1, 0.15) is 91.4 Å². The summed E-state index contributed by atoms with van der Waals surface area (Å²) in [7, 11) is -1.08. The summed E-state index contributed by atoms with van der Waals surface area (Å²) in [5.74, 6) is 3.24. The molecule has 0 aromatic heterocycles. The van der Waals surface area contributed by atoms with E-state index in [-0.39, 0.29) is 11.7 Å². The van der Waals surface area contributed by atoms with Crippen molar-refractivity contribution >= 4 is 8.56 Å². The van der Waals surface area contributed by atoms with Crippen LogP contribution in [0.3, 0.4) is 0 Å². The molecule has 0 spiro atoms. The van der Waals surface area contributed by atoms with Gasteiger partial charge in [0.1, 0.15) is 6.61 Å². The Morgan fingerprint density at radius 2 is 1.90 bits per heavy atom. The predicted molar refractivity (Wildman–Crippen MR) is 126 cm³/mol. The first kappa shape index (κ1) is 26.2. The van der Waals surface area contributed by atoms with E-state index in [1.54, 1.807) is 7.11 Å². The van der Waals surface area contributed by atoms with E-state index < -0.39 is 8.56 Å². The van der Waals surface area contributed by atoms with Gasteiger partial charge in [-0.25, -0.2) is 0 Å². The summed E-state index contributed by atoms with van der Waals surface area (Å²) < 4.78 is 19.1. The van der Waals surface area contributed by atoms with Crippen molar-refractivity contribution in [3.05, 3.63) is 25.3 Å². The van der Waals surface area contributed by atoms with Gasteiger partial charge in [0.2, 0.25) is 0 Å². The number of ether oxygens (including phenoxy) is 1. The zero-order valence-electron chi connectivity index (χ0n) is 19.4. The number of allylic oxidation sites excluding steroid dienone is 1. The molecular weight excluding hydrogens is 376 g/mol. The van der Waals surface area contributed by atoms with Gasteiger partial charge in [-0.1, -0.05) is 62.6 Å². The lowest BCUT2D eigenvalue weighted by Gasteiger charge is -2.40. The van der Waals surface area contributed by atoms with Crippen LogP contribution in [-0.2, 0) is 13.6 Å². The first-order chi connectivity index (χ1) is 13.9. The van der Waals surface area contributed by atoms with Gasteiger partial charge < -0.3 is 13.6 Å². The molecule has 4 heteroatoms. The van der Waals surface area contributed by atoms with E-state index in [1.807, 2.05) is 12.2 Å². The van der Waals surface area contributed by atoms with Crippen LogP contribution in [0.2, 0.25) is 5.54 Å². The first-order valence-corrected chi connectivity index (χ1v) is 13.4. The number of rotatable bonds is 15. The standard InChI is InChI=1S/C25H44O3Si/c1-7-10-12-17-23(16-9-3)27-29(22-15-21-26-6,24-18-13-14-19-24)28-25(4,5)20-11-8-2/h8-9,23-24H,2-3,7,10-14,16-21H2,1,4-6H3. The van der Waals surface area contributed by atoms with Gasteiger partial charge in [0, 0.05) is 12.7 Å². The van der Waals surface area contributed by atoms with Crippen LogP contribution in [0.4, 0.5) is 0 Å². The molecule has 29 heavy (non-hydrogen) atoms. The molecule has 2 atom stereocenters. The lowest BCUT2D eigenvalue weighted by Crippen LogP contribution is -2.53. The van der Waals surface area contributed by atoms with Crippen molar-refractivity contribution in [1.29, 1.82) is 0 Å². The molecule has 0 radical (unpaired) electrons. The highest BCUT2D eigenvalue weighted by molar-refractivity contribution is 6.77. The van der Waals surface area contributed by atoms with Gasteiger partial charge in [-0.15, -0.1) is 13.2 Å². The highest BCUT2D eigenvalue weighted by atomic mass is 28.4. The average molecular weight is 421 g/mol. The normalized spacial score (nSPS) is 17.9. The van der Waals surface area contributed by atoms with Gasteiger partial charge in [0.05, 0.1) is 11.7 Å². The Labute approximate surface area is 181 Å². The topological polar surface area (TPSA) is 27.7 Å². The smallest absolute Gasteiger partial charge is 0.382 e. The molecular formula is C25H44O3Si. The second-order valence-corrected chi connectivity index (χ2v) is 11.7. The van der Waals surface area contributed by atoms with Crippen LogP contribution in [-0.4, -0.2) is 34.0 Å². The Morgan fingerprint density at radius 3 is 2.48 bits per heavy atom. The maximum Gasteiger partial charge on any atom is 0.427 e. The second kappa shape index (κ2) is 14.2. The third kappa shape index (κ3) is 9.66. The second-order valence-electron chi connectivity index (χ2n) is 8.83. The van der Waals surface area contributed by atoms with E-state index in [0.29, 0.717) is 12.1 Å². The fourth-order valence-electron chi connectivity index (χ4n) is 4.09. The summed E-state index contributed by atoms with van der Waals surface area (Å²) in [5.41, 5.74) is 3.69. The molecule has 0 bridgehead atoms. The van der Waals surface area contributed by atoms with Gasteiger partial charge in [-0.2, -0.15) is 0 Å². The molecule has 0 saturated heterocycles. The molecule has 3 nitrogen and oxygen atoms in total. The molecule has 0 aromatic carbocycles. The zero-order chi connectivity index (χ0) is 21.6. The van der Waals surface area contributed by atoms with E-state index in [4.69, 9.17) is 13.6 Å². The number of unbranched alkanes of at least 4 members (excludes halogenated alkanes) is 2. The summed E-state index contributed by atoms with van der Waals surface area (Å²) in [6, 6.07) is 0. The molecule has 0 amide bonds. The van der Waals surface area contributed by atoms with Crippen molar-refractivity contribution in [1.82, 2.24) is 0 Å². The molecule has 0 aliphatic heterocycles. The monoisotopic (exact) mass is 420 g/mol. The average Bonchev–Trinajstić information content (AvgIpc) is 3.22. The molecule has 1 aliphatic rings. The Morgan fingerprint density at radius 1 is 1.17 bits per heavy atom. The fourth-order valence-corrected chi connectivity index (χ4v) is 7.93. The van der Waals surface area contributed by atoms with Gasteiger partial charge in [-0.3, -0.25) is 0 Å². The van der Waals surface area contributed by atoms with E-state index >= 15 is 0 Å². The van der Waals surface area contributed by atoms with Crippen LogP contribution in [0.15, 0.2) is 25.3 Å². The van der Waals surface area contributed by atoms with E-state index in [1.165, 1.54) is 32.1 Å². The van der Waals surface area contributed by atoms with Crippen LogP contribution < -0.4 is 0 Å². The third-order valence-corrected chi connectivity index (χ3v) is 9.37. The molecule has 1 rings (SSSR count). The summed E-state index contributed by atoms with van der Waals surface area (Å²) in [6.07, 6.45) is 16.3. The minimum absolute atomic E-state index is 0.137. The van der Waals surface area contributed by atoms with Crippen molar-refractivity contribution in [2.24, 2.45) is 0 Å². The van der Waals surface area contributed by atoms with Crippen molar-refractivity contribution in [3.8, 4) is 11.5 Å². The van der Waals surface area contributed by atoms with Crippen LogP contribution in [0.25, 0.3) is 0 Å². The van der Waals surface area contributed by atoms with Crippen LogP contribution >= 0.6 is 0 Å². The summed E-state index contributed by atoms with van der Waals surface area (Å²) >= 11 is 0. The largest absolute Gasteiger partial charge is 0.427 e. The Bertz CT molecular complexity index is 528. The maximum absolute atomic E-state index is 6.96. The first-order valence-electron chi connectivity index (χ1n) is 11.5. The molecule has 0 N–H and O–H groups in total. The lowest BCUT2D eigenvalue weighted by atomic mass is 10.0. The SMILES string of the molecule is C=CCCC(C)(C)O[Si](C#CCOC)(OC(CC=C)CCCCC)C1CCCC1. The van der Waals surface area contributed by atoms with Crippen molar-refractivity contribution in [2.75, 3.05) is 13.7 Å². The molecule has 166 valence electrons. The molecule has 1 fully saturated rings. The van der Waals surface area contributed by atoms with Crippen molar-refractivity contribution < 1.29 is 13.6 Å². The van der Waals surface area contributed by atoms with Gasteiger partial charge >= 0.3 is 8.56 Å². The third-order valence-electron chi connectivity index (χ3n) is 5.65. The zero-order valence-corrected chi connectivity index (χ0v) is 20.4. The lowest BCUT2D eigenvalue weighted by molar-refractivity contribution is 0.0247. The molecule has 0 heterocycles. The van der Waals surface area contributed by atoms with Crippen molar-refractivity contribution in [3.63, 3.8) is 0 Å². The number of hydrogen-bond donors (Lipinski definition) is 0. The highest BCUT2D eigenvalue weighted by Gasteiger charge is 2.51. The molecule has 2 unspecified atom stereocenters. The van der Waals surface area contributed by atoms with Gasteiger partial charge in [0.15, 0.2) is 0 Å². The Hall–Kier alpha value is -0.863. The predicted octanol–water partition coefficient (Wildman–Crippen LogP) is 6.86. The minimum atomic E-state index is -2.77.